The molecule has 0 saturated carbocycles. The van der Waals surface area contributed by atoms with Gasteiger partial charge < -0.3 is 9.13 Å². The molecule has 0 atom stereocenters. The summed E-state index contributed by atoms with van der Waals surface area (Å²) in [4.78, 5) is 0. The molecule has 3 aromatic heterocycles. The average Bonchev–Trinajstić information content (AvgIpc) is 4.03. The quantitative estimate of drug-likeness (QED) is 0.158. The Balaban J connectivity index is 1.04. The summed E-state index contributed by atoms with van der Waals surface area (Å²) in [6, 6.07) is 84.6. The van der Waals surface area contributed by atoms with E-state index in [1.165, 1.54) is 114 Å². The minimum Gasteiger partial charge on any atom is -0.309 e. The van der Waals surface area contributed by atoms with Crippen LogP contribution < -0.4 is 0 Å². The Morgan fingerprint density at radius 2 is 0.889 bits per heavy atom. The summed E-state index contributed by atoms with van der Waals surface area (Å²) in [5.74, 6) is 0. The predicted molar refractivity (Wildman–Crippen MR) is 270 cm³/mol. The minimum absolute atomic E-state index is 1.15. The molecule has 0 aliphatic carbocycles. The highest BCUT2D eigenvalue weighted by Crippen LogP contribution is 2.47. The molecule has 0 saturated heterocycles. The Hall–Kier alpha value is -7.98. The summed E-state index contributed by atoms with van der Waals surface area (Å²) in [5.41, 5.74) is 16.9. The van der Waals surface area contributed by atoms with E-state index in [2.05, 4.69) is 240 Å². The van der Waals surface area contributed by atoms with Crippen LogP contribution in [0.15, 0.2) is 231 Å². The molecule has 3 heteroatoms. The molecule has 3 heterocycles. The standard InChI is InChI=1S/C60H38N2S/c1-3-17-39(18-4-1)41-21-15-22-43(37-41)61-53-30-12-9-25-47(53)50-29-16-28-45(59(50)61)42-33-35-55-52(38-42)48-26-10-13-31-54(48)62(55)56-36-34-49(58-51-27-11-14-32-57(51)63-60(56)58)46-24-8-7-23-44(46)40-19-5-2-6-20-40/h1-38H. The molecule has 0 aliphatic heterocycles. The van der Waals surface area contributed by atoms with Crippen molar-refractivity contribution >= 4 is 75.1 Å². The van der Waals surface area contributed by atoms with Crippen LogP contribution in [0.5, 0.6) is 0 Å². The van der Waals surface area contributed by atoms with E-state index in [0.717, 1.165) is 5.69 Å². The number of thiophene rings is 1. The van der Waals surface area contributed by atoms with Crippen molar-refractivity contribution in [3.05, 3.63) is 231 Å². The lowest BCUT2D eigenvalue weighted by Crippen LogP contribution is -1.96. The van der Waals surface area contributed by atoms with E-state index in [0.29, 0.717) is 0 Å². The van der Waals surface area contributed by atoms with Gasteiger partial charge in [-0.05, 0) is 87.5 Å². The van der Waals surface area contributed by atoms with Gasteiger partial charge in [-0.2, -0.15) is 0 Å². The van der Waals surface area contributed by atoms with Gasteiger partial charge in [-0.1, -0.05) is 182 Å². The Labute approximate surface area is 368 Å². The number of rotatable bonds is 6. The Bertz CT molecular complexity index is 3900. The number of aromatic nitrogens is 2. The van der Waals surface area contributed by atoms with Crippen LogP contribution in [0.3, 0.4) is 0 Å². The zero-order valence-electron chi connectivity index (χ0n) is 34.2. The molecule has 0 N–H and O–H groups in total. The smallest absolute Gasteiger partial charge is 0.0641 e. The molecule has 0 bridgehead atoms. The lowest BCUT2D eigenvalue weighted by molar-refractivity contribution is 1.18. The molecule has 13 rings (SSSR count). The van der Waals surface area contributed by atoms with Crippen LogP contribution in [0.2, 0.25) is 0 Å². The largest absolute Gasteiger partial charge is 0.309 e. The monoisotopic (exact) mass is 818 g/mol. The van der Waals surface area contributed by atoms with Crippen molar-refractivity contribution in [1.29, 1.82) is 0 Å². The Morgan fingerprint density at radius 3 is 1.70 bits per heavy atom. The molecule has 0 aliphatic rings. The first-order chi connectivity index (χ1) is 31.3. The van der Waals surface area contributed by atoms with Crippen molar-refractivity contribution in [2.24, 2.45) is 0 Å². The maximum absolute atomic E-state index is 2.51. The summed E-state index contributed by atoms with van der Waals surface area (Å²) >= 11 is 1.89. The van der Waals surface area contributed by atoms with Crippen LogP contribution in [0, 0.1) is 0 Å². The SMILES string of the molecule is c1ccc(-c2cccc(-n3c4ccccc4c4cccc(-c5ccc6c(c5)c5ccccc5n6-c5ccc(-c6ccccc6-c6ccccc6)c6c5sc5ccccc56)c43)c2)cc1. The van der Waals surface area contributed by atoms with E-state index >= 15 is 0 Å². The number of hydrogen-bond acceptors (Lipinski definition) is 1. The Kier molecular flexibility index (Phi) is 8.12. The zero-order valence-corrected chi connectivity index (χ0v) is 35.1. The lowest BCUT2D eigenvalue weighted by atomic mass is 9.91. The van der Waals surface area contributed by atoms with Gasteiger partial charge in [-0.15, -0.1) is 11.3 Å². The summed E-state index contributed by atoms with van der Waals surface area (Å²) in [6.45, 7) is 0. The summed E-state index contributed by atoms with van der Waals surface area (Å²) in [7, 11) is 0. The van der Waals surface area contributed by atoms with Crippen LogP contribution in [0.1, 0.15) is 0 Å². The second-order valence-corrected chi connectivity index (χ2v) is 17.5. The molecule has 0 amide bonds. The highest BCUT2D eigenvalue weighted by atomic mass is 32.1. The van der Waals surface area contributed by atoms with Gasteiger partial charge in [0.15, 0.2) is 0 Å². The van der Waals surface area contributed by atoms with Crippen LogP contribution in [-0.4, -0.2) is 9.13 Å². The molecule has 2 nitrogen and oxygen atoms in total. The van der Waals surface area contributed by atoms with Crippen LogP contribution >= 0.6 is 11.3 Å². The summed E-state index contributed by atoms with van der Waals surface area (Å²) < 4.78 is 7.55. The first-order valence-corrected chi connectivity index (χ1v) is 22.4. The van der Waals surface area contributed by atoms with Crippen molar-refractivity contribution in [3.8, 4) is 55.9 Å². The van der Waals surface area contributed by atoms with Gasteiger partial charge in [0.05, 0.1) is 32.5 Å². The molecule has 0 fully saturated rings. The summed E-state index contributed by atoms with van der Waals surface area (Å²) in [5, 5.41) is 7.57. The first-order valence-electron chi connectivity index (χ1n) is 21.6. The molecular formula is C60H38N2S. The fourth-order valence-corrected chi connectivity index (χ4v) is 11.4. The molecule has 0 unspecified atom stereocenters. The number of benzene rings is 10. The van der Waals surface area contributed by atoms with E-state index in [4.69, 9.17) is 0 Å². The van der Waals surface area contributed by atoms with Gasteiger partial charge in [0.25, 0.3) is 0 Å². The third-order valence-corrected chi connectivity index (χ3v) is 14.1. The van der Waals surface area contributed by atoms with Crippen molar-refractivity contribution in [3.63, 3.8) is 0 Å². The molecule has 10 aromatic carbocycles. The maximum Gasteiger partial charge on any atom is 0.0641 e. The third kappa shape index (κ3) is 5.57. The van der Waals surface area contributed by atoms with Crippen LogP contribution in [-0.2, 0) is 0 Å². The minimum atomic E-state index is 1.15. The van der Waals surface area contributed by atoms with Crippen LogP contribution in [0.25, 0.3) is 120 Å². The molecule has 13 aromatic rings. The number of fused-ring (bicyclic) bond motifs is 9. The fourth-order valence-electron chi connectivity index (χ4n) is 10.2. The topological polar surface area (TPSA) is 9.86 Å². The molecule has 0 spiro atoms. The second kappa shape index (κ2) is 14.3. The number of nitrogens with zero attached hydrogens (tertiary/aromatic N) is 2. The van der Waals surface area contributed by atoms with Gasteiger partial charge in [0, 0.05) is 48.3 Å². The van der Waals surface area contributed by atoms with Crippen molar-refractivity contribution in [2.75, 3.05) is 0 Å². The molecular weight excluding hydrogens is 781 g/mol. The first kappa shape index (κ1) is 35.7. The highest BCUT2D eigenvalue weighted by molar-refractivity contribution is 7.26. The van der Waals surface area contributed by atoms with Crippen molar-refractivity contribution in [2.45, 2.75) is 0 Å². The maximum atomic E-state index is 2.51. The fraction of sp³-hybridized carbons (Fsp3) is 0. The van der Waals surface area contributed by atoms with Crippen molar-refractivity contribution in [1.82, 2.24) is 9.13 Å². The van der Waals surface area contributed by atoms with E-state index in [1.807, 2.05) is 11.3 Å². The normalized spacial score (nSPS) is 11.8. The zero-order chi connectivity index (χ0) is 41.4. The van der Waals surface area contributed by atoms with E-state index in [9.17, 15) is 0 Å². The average molecular weight is 819 g/mol. The predicted octanol–water partition coefficient (Wildman–Crippen LogP) is 16.9. The third-order valence-electron chi connectivity index (χ3n) is 12.9. The number of para-hydroxylation sites is 3. The summed E-state index contributed by atoms with van der Waals surface area (Å²) in [6.07, 6.45) is 0. The highest BCUT2D eigenvalue weighted by Gasteiger charge is 2.22. The molecule has 0 radical (unpaired) electrons. The van der Waals surface area contributed by atoms with Crippen molar-refractivity contribution < 1.29 is 0 Å². The van der Waals surface area contributed by atoms with Gasteiger partial charge in [-0.25, -0.2) is 0 Å². The van der Waals surface area contributed by atoms with E-state index in [1.54, 1.807) is 0 Å². The van der Waals surface area contributed by atoms with Gasteiger partial charge in [0.2, 0.25) is 0 Å². The van der Waals surface area contributed by atoms with Gasteiger partial charge in [0.1, 0.15) is 0 Å². The second-order valence-electron chi connectivity index (χ2n) is 16.4. The lowest BCUT2D eigenvalue weighted by Gasteiger charge is -2.15. The van der Waals surface area contributed by atoms with E-state index < -0.39 is 0 Å². The van der Waals surface area contributed by atoms with Crippen LogP contribution in [0.4, 0.5) is 0 Å². The van der Waals surface area contributed by atoms with Gasteiger partial charge in [-0.3, -0.25) is 0 Å². The van der Waals surface area contributed by atoms with E-state index in [-0.39, 0.29) is 0 Å². The van der Waals surface area contributed by atoms with Gasteiger partial charge >= 0.3 is 0 Å². The molecule has 63 heavy (non-hydrogen) atoms. The molecule has 294 valence electrons. The Morgan fingerprint density at radius 1 is 0.302 bits per heavy atom. The number of hydrogen-bond donors (Lipinski definition) is 0.